The molecule has 90 valence electrons. The van der Waals surface area contributed by atoms with Crippen molar-refractivity contribution in [1.29, 1.82) is 5.26 Å². The first kappa shape index (κ1) is 13.7. The Balaban J connectivity index is 0.00000162. The van der Waals surface area contributed by atoms with Crippen molar-refractivity contribution in [1.82, 2.24) is 4.98 Å². The Hall–Kier alpha value is -2.38. The van der Waals surface area contributed by atoms with Crippen LogP contribution < -0.4 is 5.32 Å². The molecule has 0 aliphatic heterocycles. The van der Waals surface area contributed by atoms with E-state index in [0.29, 0.717) is 16.8 Å². The van der Waals surface area contributed by atoms with Gasteiger partial charge in [0.05, 0.1) is 16.8 Å². The zero-order valence-electron chi connectivity index (χ0n) is 9.33. The fourth-order valence-corrected chi connectivity index (χ4v) is 1.38. The maximum atomic E-state index is 11.8. The quantitative estimate of drug-likeness (QED) is 0.902. The van der Waals surface area contributed by atoms with Crippen molar-refractivity contribution in [2.24, 2.45) is 0 Å². The predicted octanol–water partition coefficient (Wildman–Crippen LogP) is 2.63. The van der Waals surface area contributed by atoms with Gasteiger partial charge in [-0.2, -0.15) is 5.26 Å². The fourth-order valence-electron chi connectivity index (χ4n) is 1.38. The van der Waals surface area contributed by atoms with Crippen LogP contribution in [0, 0.1) is 11.3 Å². The maximum absolute atomic E-state index is 11.8. The predicted molar refractivity (Wildman–Crippen MR) is 70.6 cm³/mol. The van der Waals surface area contributed by atoms with E-state index in [2.05, 4.69) is 10.3 Å². The van der Waals surface area contributed by atoms with Crippen molar-refractivity contribution < 1.29 is 4.79 Å². The van der Waals surface area contributed by atoms with Gasteiger partial charge in [-0.15, -0.1) is 12.4 Å². The molecule has 0 spiro atoms. The fraction of sp³-hybridized carbons (Fsp3) is 0. The maximum Gasteiger partial charge on any atom is 0.257 e. The second-order valence-corrected chi connectivity index (χ2v) is 3.35. The number of hydrogen-bond donors (Lipinski definition) is 1. The van der Waals surface area contributed by atoms with Crippen LogP contribution in [0.3, 0.4) is 0 Å². The van der Waals surface area contributed by atoms with Crippen LogP contribution in [0.5, 0.6) is 0 Å². The largest absolute Gasteiger partial charge is 0.321 e. The number of aromatic nitrogens is 1. The number of nitriles is 1. The number of carbonyl (C=O) groups is 1. The normalized spacial score (nSPS) is 8.83. The topological polar surface area (TPSA) is 65.8 Å². The minimum absolute atomic E-state index is 0. The zero-order chi connectivity index (χ0) is 12.1. The number of nitrogens with zero attached hydrogens (tertiary/aromatic N) is 2. The van der Waals surface area contributed by atoms with Crippen molar-refractivity contribution in [3.05, 3.63) is 59.9 Å². The third-order valence-electron chi connectivity index (χ3n) is 2.22. The summed E-state index contributed by atoms with van der Waals surface area (Å²) in [5.41, 5.74) is 1.40. The summed E-state index contributed by atoms with van der Waals surface area (Å²) in [6.45, 7) is 0. The standard InChI is InChI=1S/C13H9N3O.ClH/c14-8-10-4-1-2-6-12(10)16-13(17)11-5-3-7-15-9-11;/h1-7,9H,(H,16,17);1H. The monoisotopic (exact) mass is 259 g/mol. The second kappa shape index (κ2) is 6.38. The molecule has 0 bridgehead atoms. The molecule has 1 N–H and O–H groups in total. The van der Waals surface area contributed by atoms with E-state index in [1.54, 1.807) is 42.6 Å². The first-order valence-electron chi connectivity index (χ1n) is 5.02. The average Bonchev–Trinajstić information content (AvgIpc) is 2.40. The smallest absolute Gasteiger partial charge is 0.257 e. The van der Waals surface area contributed by atoms with Gasteiger partial charge in [0.15, 0.2) is 0 Å². The number of benzene rings is 1. The summed E-state index contributed by atoms with van der Waals surface area (Å²) < 4.78 is 0. The molecular weight excluding hydrogens is 250 g/mol. The molecule has 2 rings (SSSR count). The van der Waals surface area contributed by atoms with Gasteiger partial charge in [0.2, 0.25) is 0 Å². The van der Waals surface area contributed by atoms with E-state index in [-0.39, 0.29) is 18.3 Å². The highest BCUT2D eigenvalue weighted by Crippen LogP contribution is 2.14. The summed E-state index contributed by atoms with van der Waals surface area (Å²) in [4.78, 5) is 15.7. The number of para-hydroxylation sites is 1. The Morgan fingerprint density at radius 1 is 1.22 bits per heavy atom. The van der Waals surface area contributed by atoms with Gasteiger partial charge in [-0.3, -0.25) is 9.78 Å². The summed E-state index contributed by atoms with van der Waals surface area (Å²) in [7, 11) is 0. The van der Waals surface area contributed by atoms with Gasteiger partial charge in [0.25, 0.3) is 5.91 Å². The molecule has 1 aromatic carbocycles. The third kappa shape index (κ3) is 3.06. The lowest BCUT2D eigenvalue weighted by molar-refractivity contribution is 0.102. The van der Waals surface area contributed by atoms with Crippen LogP contribution in [0.25, 0.3) is 0 Å². The molecule has 0 saturated carbocycles. The number of rotatable bonds is 2. The summed E-state index contributed by atoms with van der Waals surface area (Å²) in [6, 6.07) is 12.2. The molecule has 0 aliphatic carbocycles. The summed E-state index contributed by atoms with van der Waals surface area (Å²) >= 11 is 0. The van der Waals surface area contributed by atoms with Gasteiger partial charge in [0.1, 0.15) is 6.07 Å². The van der Waals surface area contributed by atoms with Crippen molar-refractivity contribution in [2.75, 3.05) is 5.32 Å². The van der Waals surface area contributed by atoms with Gasteiger partial charge < -0.3 is 5.32 Å². The van der Waals surface area contributed by atoms with Crippen molar-refractivity contribution in [2.45, 2.75) is 0 Å². The van der Waals surface area contributed by atoms with E-state index in [0.717, 1.165) is 0 Å². The molecule has 4 nitrogen and oxygen atoms in total. The van der Waals surface area contributed by atoms with Crippen LogP contribution in [-0.4, -0.2) is 10.9 Å². The molecule has 0 radical (unpaired) electrons. The molecule has 18 heavy (non-hydrogen) atoms. The Bertz CT molecular complexity index is 578. The zero-order valence-corrected chi connectivity index (χ0v) is 10.1. The van der Waals surface area contributed by atoms with Gasteiger partial charge in [0, 0.05) is 12.4 Å². The summed E-state index contributed by atoms with van der Waals surface area (Å²) in [5, 5.41) is 11.6. The number of nitrogens with one attached hydrogen (secondary N) is 1. The molecule has 2 aromatic rings. The molecule has 0 unspecified atom stereocenters. The van der Waals surface area contributed by atoms with E-state index in [9.17, 15) is 4.79 Å². The minimum atomic E-state index is -0.277. The molecule has 0 saturated heterocycles. The van der Waals surface area contributed by atoms with Crippen LogP contribution in [0.2, 0.25) is 0 Å². The SMILES string of the molecule is Cl.N#Cc1ccccc1NC(=O)c1cccnc1. The number of anilines is 1. The first-order chi connectivity index (χ1) is 8.31. The molecule has 5 heteroatoms. The molecule has 1 amide bonds. The van der Waals surface area contributed by atoms with Crippen LogP contribution in [-0.2, 0) is 0 Å². The number of hydrogen-bond acceptors (Lipinski definition) is 3. The Kier molecular flexibility index (Phi) is 4.85. The van der Waals surface area contributed by atoms with Crippen molar-refractivity contribution in [3.63, 3.8) is 0 Å². The van der Waals surface area contributed by atoms with Gasteiger partial charge in [-0.05, 0) is 24.3 Å². The van der Waals surface area contributed by atoms with E-state index in [1.165, 1.54) is 6.20 Å². The lowest BCUT2D eigenvalue weighted by Gasteiger charge is -2.05. The van der Waals surface area contributed by atoms with E-state index >= 15 is 0 Å². The van der Waals surface area contributed by atoms with E-state index in [4.69, 9.17) is 5.26 Å². The molecule has 1 heterocycles. The van der Waals surface area contributed by atoms with E-state index < -0.39 is 0 Å². The first-order valence-corrected chi connectivity index (χ1v) is 5.02. The van der Waals surface area contributed by atoms with Crippen LogP contribution in [0.4, 0.5) is 5.69 Å². The Labute approximate surface area is 111 Å². The molecule has 0 atom stereocenters. The number of halogens is 1. The lowest BCUT2D eigenvalue weighted by Crippen LogP contribution is -2.12. The summed E-state index contributed by atoms with van der Waals surface area (Å²) in [5.74, 6) is -0.277. The highest BCUT2D eigenvalue weighted by Gasteiger charge is 2.07. The lowest BCUT2D eigenvalue weighted by atomic mass is 10.2. The number of carbonyl (C=O) groups excluding carboxylic acids is 1. The molecular formula is C13H10ClN3O. The molecule has 0 fully saturated rings. The van der Waals surface area contributed by atoms with Gasteiger partial charge >= 0.3 is 0 Å². The number of pyridine rings is 1. The Morgan fingerprint density at radius 2 is 2.00 bits per heavy atom. The van der Waals surface area contributed by atoms with Crippen LogP contribution in [0.15, 0.2) is 48.8 Å². The third-order valence-corrected chi connectivity index (χ3v) is 2.22. The van der Waals surface area contributed by atoms with Crippen molar-refractivity contribution in [3.8, 4) is 6.07 Å². The highest BCUT2D eigenvalue weighted by molar-refractivity contribution is 6.04. The van der Waals surface area contributed by atoms with Gasteiger partial charge in [-0.25, -0.2) is 0 Å². The van der Waals surface area contributed by atoms with Crippen LogP contribution in [0.1, 0.15) is 15.9 Å². The van der Waals surface area contributed by atoms with Crippen LogP contribution >= 0.6 is 12.4 Å². The summed E-state index contributed by atoms with van der Waals surface area (Å²) in [6.07, 6.45) is 3.07. The van der Waals surface area contributed by atoms with Crippen molar-refractivity contribution >= 4 is 24.0 Å². The van der Waals surface area contributed by atoms with Gasteiger partial charge in [-0.1, -0.05) is 12.1 Å². The number of amides is 1. The minimum Gasteiger partial charge on any atom is -0.321 e. The molecule has 1 aromatic heterocycles. The second-order valence-electron chi connectivity index (χ2n) is 3.35. The Morgan fingerprint density at radius 3 is 2.67 bits per heavy atom. The molecule has 0 aliphatic rings. The van der Waals surface area contributed by atoms with E-state index in [1.807, 2.05) is 6.07 Å². The highest BCUT2D eigenvalue weighted by atomic mass is 35.5. The average molecular weight is 260 g/mol.